The molecule has 0 bridgehead atoms. The van der Waals surface area contributed by atoms with Crippen LogP contribution in [0.4, 0.5) is 0 Å². The highest BCUT2D eigenvalue weighted by atomic mass is 35.5. The first-order chi connectivity index (χ1) is 17.0. The van der Waals surface area contributed by atoms with Crippen LogP contribution >= 0.6 is 23.2 Å². The highest BCUT2D eigenvalue weighted by Crippen LogP contribution is 2.28. The van der Waals surface area contributed by atoms with E-state index in [-0.39, 0.29) is 24.8 Å². The minimum Gasteiger partial charge on any atom is -0.350 e. The second-order valence-corrected chi connectivity index (χ2v) is 11.0. The topological polar surface area (TPSA) is 49.4 Å². The summed E-state index contributed by atoms with van der Waals surface area (Å²) in [5.41, 5.74) is 3.38. The lowest BCUT2D eigenvalue weighted by molar-refractivity contribution is -0.141. The van der Waals surface area contributed by atoms with Gasteiger partial charge in [0.25, 0.3) is 0 Å². The van der Waals surface area contributed by atoms with E-state index in [1.807, 2.05) is 82.3 Å². The minimum absolute atomic E-state index is 0.128. The lowest BCUT2D eigenvalue weighted by atomic mass is 9.99. The zero-order valence-corrected chi connectivity index (χ0v) is 22.9. The Kier molecular flexibility index (Phi) is 9.58. The first-order valence-corrected chi connectivity index (χ1v) is 12.9. The summed E-state index contributed by atoms with van der Waals surface area (Å²) in [6.07, 6.45) is 1.21. The van der Waals surface area contributed by atoms with Gasteiger partial charge in [-0.2, -0.15) is 0 Å². The van der Waals surface area contributed by atoms with Crippen molar-refractivity contribution in [2.24, 2.45) is 0 Å². The number of nitrogens with zero attached hydrogens (tertiary/aromatic N) is 1. The molecule has 1 N–H and O–H groups in total. The molecule has 0 saturated carbocycles. The third kappa shape index (κ3) is 8.11. The first kappa shape index (κ1) is 27.8. The van der Waals surface area contributed by atoms with Crippen molar-refractivity contribution in [3.63, 3.8) is 0 Å². The maximum Gasteiger partial charge on any atom is 0.243 e. The van der Waals surface area contributed by atoms with Crippen molar-refractivity contribution >= 4 is 35.0 Å². The molecule has 0 aliphatic rings. The predicted octanol–water partition coefficient (Wildman–Crippen LogP) is 6.79. The molecule has 0 aliphatic carbocycles. The van der Waals surface area contributed by atoms with E-state index in [0.29, 0.717) is 28.5 Å². The Labute approximate surface area is 224 Å². The summed E-state index contributed by atoms with van der Waals surface area (Å²) in [7, 11) is 0. The maximum absolute atomic E-state index is 13.8. The third-order valence-corrected chi connectivity index (χ3v) is 6.62. The summed E-state index contributed by atoms with van der Waals surface area (Å²) in [5.74, 6) is -0.338. The van der Waals surface area contributed by atoms with Crippen LogP contribution in [-0.2, 0) is 29.0 Å². The van der Waals surface area contributed by atoms with Crippen LogP contribution in [0, 0.1) is 6.92 Å². The monoisotopic (exact) mass is 524 g/mol. The average molecular weight is 526 g/mol. The van der Waals surface area contributed by atoms with Crippen LogP contribution in [-0.4, -0.2) is 28.3 Å². The predicted molar refractivity (Wildman–Crippen MR) is 148 cm³/mol. The van der Waals surface area contributed by atoms with Crippen LogP contribution in [0.15, 0.2) is 72.8 Å². The molecule has 0 unspecified atom stereocenters. The Morgan fingerprint density at radius 1 is 0.861 bits per heavy atom. The summed E-state index contributed by atoms with van der Waals surface area (Å²) in [6.45, 7) is 7.96. The fourth-order valence-corrected chi connectivity index (χ4v) is 4.53. The molecule has 3 aromatic carbocycles. The van der Waals surface area contributed by atoms with E-state index < -0.39 is 11.6 Å². The molecule has 4 nitrogen and oxygen atoms in total. The molecule has 3 rings (SSSR count). The maximum atomic E-state index is 13.8. The molecule has 0 fully saturated rings. The Morgan fingerprint density at radius 2 is 1.47 bits per heavy atom. The molecule has 36 heavy (non-hydrogen) atoms. The van der Waals surface area contributed by atoms with Gasteiger partial charge in [0, 0.05) is 40.5 Å². The van der Waals surface area contributed by atoms with E-state index in [2.05, 4.69) is 5.32 Å². The first-order valence-electron chi connectivity index (χ1n) is 12.2. The number of benzene rings is 3. The van der Waals surface area contributed by atoms with Gasteiger partial charge in [-0.05, 0) is 57.4 Å². The second-order valence-electron chi connectivity index (χ2n) is 10.2. The van der Waals surface area contributed by atoms with Crippen LogP contribution < -0.4 is 5.32 Å². The van der Waals surface area contributed by atoms with Gasteiger partial charge in [0.2, 0.25) is 11.8 Å². The van der Waals surface area contributed by atoms with E-state index in [9.17, 15) is 9.59 Å². The van der Waals surface area contributed by atoms with Crippen molar-refractivity contribution < 1.29 is 9.59 Å². The second kappa shape index (κ2) is 12.4. The fraction of sp³-hybridized carbons (Fsp3) is 0.333. The number of aryl methyl sites for hydroxylation is 2. The lowest BCUT2D eigenvalue weighted by Crippen LogP contribution is -2.54. The largest absolute Gasteiger partial charge is 0.350 e. The smallest absolute Gasteiger partial charge is 0.243 e. The minimum atomic E-state index is -0.732. The Morgan fingerprint density at radius 3 is 2.06 bits per heavy atom. The zero-order valence-electron chi connectivity index (χ0n) is 21.4. The van der Waals surface area contributed by atoms with Gasteiger partial charge in [-0.1, -0.05) is 89.4 Å². The van der Waals surface area contributed by atoms with Crippen molar-refractivity contribution in [3.8, 4) is 0 Å². The zero-order chi connectivity index (χ0) is 26.3. The summed E-state index contributed by atoms with van der Waals surface area (Å²) in [5, 5.41) is 4.00. The standard InChI is InChI=1S/C30H34Cl2N2O2/c1-21-13-15-22(16-14-21)17-18-28(35)34(20-24-25(31)11-8-12-26(24)32)27(29(36)33-30(2,3)4)19-23-9-6-5-7-10-23/h5-16,27H,17-20H2,1-4H3,(H,33,36)/t27-/m0/s1. The number of halogens is 2. The molecule has 0 saturated heterocycles. The van der Waals surface area contributed by atoms with Crippen molar-refractivity contribution in [2.75, 3.05) is 0 Å². The van der Waals surface area contributed by atoms with Gasteiger partial charge in [0.05, 0.1) is 0 Å². The van der Waals surface area contributed by atoms with E-state index in [4.69, 9.17) is 23.2 Å². The number of carbonyl (C=O) groups excluding carboxylic acids is 2. The van der Waals surface area contributed by atoms with Crippen LogP contribution in [0.25, 0.3) is 0 Å². The van der Waals surface area contributed by atoms with Crippen molar-refractivity contribution in [1.29, 1.82) is 0 Å². The number of rotatable bonds is 9. The van der Waals surface area contributed by atoms with Crippen LogP contribution in [0.3, 0.4) is 0 Å². The molecule has 1 atom stereocenters. The Balaban J connectivity index is 1.97. The molecule has 0 spiro atoms. The average Bonchev–Trinajstić information content (AvgIpc) is 2.82. The summed E-state index contributed by atoms with van der Waals surface area (Å²) >= 11 is 13.0. The fourth-order valence-electron chi connectivity index (χ4n) is 4.01. The SMILES string of the molecule is Cc1ccc(CCC(=O)N(Cc2c(Cl)cccc2Cl)[C@@H](Cc2ccccc2)C(=O)NC(C)(C)C)cc1. The van der Waals surface area contributed by atoms with Gasteiger partial charge in [-0.15, -0.1) is 0 Å². The highest BCUT2D eigenvalue weighted by molar-refractivity contribution is 6.36. The Bertz CT molecular complexity index is 1150. The van der Waals surface area contributed by atoms with Crippen LogP contribution in [0.2, 0.25) is 10.0 Å². The quantitative estimate of drug-likeness (QED) is 0.335. The number of nitrogens with one attached hydrogen (secondary N) is 1. The molecule has 0 aromatic heterocycles. The van der Waals surface area contributed by atoms with Crippen molar-refractivity contribution in [1.82, 2.24) is 10.2 Å². The number of hydrogen-bond donors (Lipinski definition) is 1. The van der Waals surface area contributed by atoms with Gasteiger partial charge in [0.1, 0.15) is 6.04 Å². The summed E-state index contributed by atoms with van der Waals surface area (Å²) in [6, 6.07) is 22.4. The lowest BCUT2D eigenvalue weighted by Gasteiger charge is -2.34. The van der Waals surface area contributed by atoms with Gasteiger partial charge in [-0.3, -0.25) is 9.59 Å². The molecule has 2 amide bonds. The molecule has 6 heteroatoms. The van der Waals surface area contributed by atoms with Gasteiger partial charge in [-0.25, -0.2) is 0 Å². The highest BCUT2D eigenvalue weighted by Gasteiger charge is 2.32. The van der Waals surface area contributed by atoms with Crippen LogP contribution in [0.1, 0.15) is 49.4 Å². The van der Waals surface area contributed by atoms with E-state index in [1.165, 1.54) is 5.56 Å². The van der Waals surface area contributed by atoms with E-state index in [1.54, 1.807) is 23.1 Å². The molecular formula is C30H34Cl2N2O2. The van der Waals surface area contributed by atoms with Gasteiger partial charge < -0.3 is 10.2 Å². The third-order valence-electron chi connectivity index (χ3n) is 5.91. The van der Waals surface area contributed by atoms with Crippen LogP contribution in [0.5, 0.6) is 0 Å². The van der Waals surface area contributed by atoms with Gasteiger partial charge >= 0.3 is 0 Å². The molecule has 190 valence electrons. The van der Waals surface area contributed by atoms with Crippen molar-refractivity contribution in [3.05, 3.63) is 105 Å². The van der Waals surface area contributed by atoms with E-state index >= 15 is 0 Å². The normalized spacial score (nSPS) is 12.2. The van der Waals surface area contributed by atoms with Gasteiger partial charge in [0.15, 0.2) is 0 Å². The number of amides is 2. The summed E-state index contributed by atoms with van der Waals surface area (Å²) in [4.78, 5) is 29.0. The molecular weight excluding hydrogens is 491 g/mol. The molecule has 3 aromatic rings. The summed E-state index contributed by atoms with van der Waals surface area (Å²) < 4.78 is 0. The number of carbonyl (C=O) groups is 2. The van der Waals surface area contributed by atoms with E-state index in [0.717, 1.165) is 11.1 Å². The molecule has 0 aliphatic heterocycles. The van der Waals surface area contributed by atoms with Crippen molar-refractivity contribution in [2.45, 2.75) is 65.1 Å². The molecule has 0 radical (unpaired) electrons. The number of hydrogen-bond acceptors (Lipinski definition) is 2. The Hall–Kier alpha value is -2.82. The molecule has 0 heterocycles.